The van der Waals surface area contributed by atoms with Gasteiger partial charge in [0.15, 0.2) is 0 Å². The largest absolute Gasteiger partial charge is 0.380 e. The van der Waals surface area contributed by atoms with Crippen LogP contribution in [0, 0.1) is 0 Å². The molecule has 1 heterocycles. The van der Waals surface area contributed by atoms with Crippen molar-refractivity contribution in [1.29, 1.82) is 0 Å². The smallest absolute Gasteiger partial charge is 0.239 e. The van der Waals surface area contributed by atoms with Crippen LogP contribution in [-0.2, 0) is 16.1 Å². The van der Waals surface area contributed by atoms with Gasteiger partial charge in [-0.3, -0.25) is 4.79 Å². The van der Waals surface area contributed by atoms with Gasteiger partial charge in [-0.25, -0.2) is 0 Å². The second-order valence-electron chi connectivity index (χ2n) is 4.88. The maximum Gasteiger partial charge on any atom is 0.239 e. The van der Waals surface area contributed by atoms with Crippen LogP contribution in [0.15, 0.2) is 24.3 Å². The fourth-order valence-electron chi connectivity index (χ4n) is 2.32. The molecule has 1 aliphatic heterocycles. The molecule has 19 heavy (non-hydrogen) atoms. The van der Waals surface area contributed by atoms with E-state index in [4.69, 9.17) is 16.3 Å². The summed E-state index contributed by atoms with van der Waals surface area (Å²) >= 11 is 5.94. The third-order valence-corrected chi connectivity index (χ3v) is 3.64. The number of benzene rings is 1. The molecule has 1 amide bonds. The lowest BCUT2D eigenvalue weighted by Crippen LogP contribution is -2.41. The first-order valence-corrected chi connectivity index (χ1v) is 6.73. The Morgan fingerprint density at radius 1 is 1.58 bits per heavy atom. The van der Waals surface area contributed by atoms with E-state index in [1.807, 2.05) is 31.3 Å². The lowest BCUT2D eigenvalue weighted by molar-refractivity contribution is -0.132. The van der Waals surface area contributed by atoms with Crippen LogP contribution in [0.2, 0.25) is 5.02 Å². The Kier molecular flexibility index (Phi) is 4.80. The Morgan fingerprint density at radius 2 is 2.37 bits per heavy atom. The molecule has 104 valence electrons. The summed E-state index contributed by atoms with van der Waals surface area (Å²) in [5.74, 6) is 0.0968. The monoisotopic (exact) mass is 282 g/mol. The van der Waals surface area contributed by atoms with E-state index in [9.17, 15) is 4.79 Å². The van der Waals surface area contributed by atoms with Gasteiger partial charge >= 0.3 is 0 Å². The molecule has 0 aliphatic carbocycles. The molecular formula is C14H19ClN2O2. The van der Waals surface area contributed by atoms with Gasteiger partial charge in [-0.1, -0.05) is 23.7 Å². The molecule has 1 aromatic carbocycles. The summed E-state index contributed by atoms with van der Waals surface area (Å²) in [6.45, 7) is 1.30. The molecule has 1 fully saturated rings. The zero-order chi connectivity index (χ0) is 13.8. The Morgan fingerprint density at radius 3 is 3.00 bits per heavy atom. The van der Waals surface area contributed by atoms with Gasteiger partial charge in [0.05, 0.1) is 12.1 Å². The van der Waals surface area contributed by atoms with E-state index in [-0.39, 0.29) is 18.1 Å². The Balaban J connectivity index is 1.93. The van der Waals surface area contributed by atoms with Crippen LogP contribution in [0.5, 0.6) is 0 Å². The predicted molar refractivity (Wildman–Crippen MR) is 75.1 cm³/mol. The van der Waals surface area contributed by atoms with Gasteiger partial charge in [-0.15, -0.1) is 0 Å². The lowest BCUT2D eigenvalue weighted by atomic mass is 10.1. The Labute approximate surface area is 118 Å². The van der Waals surface area contributed by atoms with Crippen molar-refractivity contribution >= 4 is 17.5 Å². The summed E-state index contributed by atoms with van der Waals surface area (Å²) in [4.78, 5) is 14.0. The highest BCUT2D eigenvalue weighted by Crippen LogP contribution is 2.15. The molecule has 4 nitrogen and oxygen atoms in total. The number of ether oxygens (including phenoxy) is 1. The first kappa shape index (κ1) is 14.3. The number of rotatable bonds is 4. The van der Waals surface area contributed by atoms with E-state index in [0.717, 1.165) is 18.5 Å². The average Bonchev–Trinajstić information content (AvgIpc) is 2.86. The predicted octanol–water partition coefficient (Wildman–Crippen LogP) is 1.68. The summed E-state index contributed by atoms with van der Waals surface area (Å²) in [6, 6.07) is 7.43. The van der Waals surface area contributed by atoms with E-state index < -0.39 is 0 Å². The number of carbonyl (C=O) groups is 1. The van der Waals surface area contributed by atoms with Crippen LogP contribution >= 0.6 is 11.6 Å². The van der Waals surface area contributed by atoms with Crippen LogP contribution in [-0.4, -0.2) is 43.7 Å². The van der Waals surface area contributed by atoms with Gasteiger partial charge in [0.1, 0.15) is 0 Å². The first-order valence-electron chi connectivity index (χ1n) is 6.35. The highest BCUT2D eigenvalue weighted by molar-refractivity contribution is 6.30. The van der Waals surface area contributed by atoms with Crippen molar-refractivity contribution in [2.45, 2.75) is 25.1 Å². The third-order valence-electron chi connectivity index (χ3n) is 3.41. The Hall–Kier alpha value is -1.10. The van der Waals surface area contributed by atoms with Gasteiger partial charge in [0.25, 0.3) is 0 Å². The standard InChI is InChI=1S/C14H19ClN2O2/c1-17(9-10-4-3-5-11(15)6-10)14(18)13-7-12(19-2)8-16-13/h3-6,12-13,16H,7-9H2,1-2H3. The van der Waals surface area contributed by atoms with Crippen molar-refractivity contribution in [3.8, 4) is 0 Å². The van der Waals surface area contributed by atoms with Gasteiger partial charge in [-0.2, -0.15) is 0 Å². The van der Waals surface area contributed by atoms with Crippen molar-refractivity contribution in [3.63, 3.8) is 0 Å². The highest BCUT2D eigenvalue weighted by atomic mass is 35.5. The number of amides is 1. The molecule has 0 spiro atoms. The number of halogens is 1. The molecule has 0 aromatic heterocycles. The molecule has 2 unspecified atom stereocenters. The van der Waals surface area contributed by atoms with Gasteiger partial charge in [0.2, 0.25) is 5.91 Å². The number of hydrogen-bond acceptors (Lipinski definition) is 3. The van der Waals surface area contributed by atoms with Crippen molar-refractivity contribution in [2.24, 2.45) is 0 Å². The fraction of sp³-hybridized carbons (Fsp3) is 0.500. The van der Waals surface area contributed by atoms with Crippen molar-refractivity contribution in [1.82, 2.24) is 10.2 Å². The van der Waals surface area contributed by atoms with Crippen molar-refractivity contribution in [3.05, 3.63) is 34.9 Å². The average molecular weight is 283 g/mol. The zero-order valence-corrected chi connectivity index (χ0v) is 12.0. The van der Waals surface area contributed by atoms with Crippen LogP contribution in [0.1, 0.15) is 12.0 Å². The SMILES string of the molecule is COC1CNC(C(=O)N(C)Cc2cccc(Cl)c2)C1. The molecular weight excluding hydrogens is 264 g/mol. The second-order valence-corrected chi connectivity index (χ2v) is 5.31. The van der Waals surface area contributed by atoms with Crippen LogP contribution in [0.4, 0.5) is 0 Å². The molecule has 0 radical (unpaired) electrons. The minimum Gasteiger partial charge on any atom is -0.380 e. The maximum absolute atomic E-state index is 12.3. The number of nitrogens with zero attached hydrogens (tertiary/aromatic N) is 1. The summed E-state index contributed by atoms with van der Waals surface area (Å²) in [5.41, 5.74) is 1.03. The van der Waals surface area contributed by atoms with Crippen LogP contribution < -0.4 is 5.32 Å². The van der Waals surface area contributed by atoms with Gasteiger partial charge in [-0.05, 0) is 24.1 Å². The van der Waals surface area contributed by atoms with Gasteiger partial charge in [0, 0.05) is 32.3 Å². The highest BCUT2D eigenvalue weighted by Gasteiger charge is 2.31. The minimum atomic E-state index is -0.144. The van der Waals surface area contributed by atoms with Gasteiger partial charge < -0.3 is 15.0 Å². The maximum atomic E-state index is 12.3. The van der Waals surface area contributed by atoms with E-state index in [1.54, 1.807) is 12.0 Å². The number of methoxy groups -OCH3 is 1. The molecule has 1 aliphatic rings. The number of hydrogen-bond donors (Lipinski definition) is 1. The summed E-state index contributed by atoms with van der Waals surface area (Å²) in [7, 11) is 3.49. The lowest BCUT2D eigenvalue weighted by Gasteiger charge is -2.21. The van der Waals surface area contributed by atoms with E-state index in [2.05, 4.69) is 5.32 Å². The molecule has 1 aromatic rings. The third kappa shape index (κ3) is 3.69. The van der Waals surface area contributed by atoms with E-state index in [1.165, 1.54) is 0 Å². The molecule has 2 rings (SSSR count). The molecule has 0 bridgehead atoms. The molecule has 5 heteroatoms. The van der Waals surface area contributed by atoms with Crippen molar-refractivity contribution in [2.75, 3.05) is 20.7 Å². The fourth-order valence-corrected chi connectivity index (χ4v) is 2.54. The molecule has 1 saturated heterocycles. The number of nitrogens with one attached hydrogen (secondary N) is 1. The molecule has 0 saturated carbocycles. The second kappa shape index (κ2) is 6.37. The topological polar surface area (TPSA) is 41.6 Å². The quantitative estimate of drug-likeness (QED) is 0.913. The molecule has 1 N–H and O–H groups in total. The summed E-state index contributed by atoms with van der Waals surface area (Å²) in [5, 5.41) is 3.88. The van der Waals surface area contributed by atoms with Crippen LogP contribution in [0.3, 0.4) is 0 Å². The number of likely N-dealkylation sites (N-methyl/N-ethyl adjacent to an activating group) is 1. The normalized spacial score (nSPS) is 22.5. The summed E-state index contributed by atoms with van der Waals surface area (Å²) in [6.07, 6.45) is 0.864. The minimum absolute atomic E-state index is 0.0968. The zero-order valence-electron chi connectivity index (χ0n) is 11.2. The summed E-state index contributed by atoms with van der Waals surface area (Å²) < 4.78 is 5.25. The van der Waals surface area contributed by atoms with E-state index >= 15 is 0 Å². The Bertz CT molecular complexity index is 453. The van der Waals surface area contributed by atoms with E-state index in [0.29, 0.717) is 11.6 Å². The first-order chi connectivity index (χ1) is 9.10. The van der Waals surface area contributed by atoms with Crippen LogP contribution in [0.25, 0.3) is 0 Å². The number of carbonyl (C=O) groups excluding carboxylic acids is 1. The van der Waals surface area contributed by atoms with Crippen molar-refractivity contribution < 1.29 is 9.53 Å². The molecule has 2 atom stereocenters.